The summed E-state index contributed by atoms with van der Waals surface area (Å²) >= 11 is 1.31. The second kappa shape index (κ2) is 9.61. The van der Waals surface area contributed by atoms with Gasteiger partial charge in [0.25, 0.3) is 0 Å². The molecule has 0 radical (unpaired) electrons. The van der Waals surface area contributed by atoms with E-state index >= 15 is 0 Å². The third-order valence-corrected chi connectivity index (χ3v) is 5.69. The van der Waals surface area contributed by atoms with Gasteiger partial charge in [0.1, 0.15) is 5.82 Å². The average molecular weight is 437 g/mol. The molecule has 2 aromatic carbocycles. The third kappa shape index (κ3) is 5.21. The summed E-state index contributed by atoms with van der Waals surface area (Å²) in [4.78, 5) is 12.5. The Hall–Kier alpha value is -3.39. The molecule has 0 saturated carbocycles. The Morgan fingerprint density at radius 3 is 2.58 bits per heavy atom. The summed E-state index contributed by atoms with van der Waals surface area (Å²) in [5.41, 5.74) is 1.93. The molecule has 1 N–H and O–H groups in total. The second-order valence-electron chi connectivity index (χ2n) is 6.98. The molecular weight excluding hydrogens is 415 g/mol. The number of rotatable bonds is 8. The standard InChI is InChI=1S/C23H21FN4O2S/c1-16(18-9-11-19(24)12-10-18)25-21(29)15-31-23-27-26-22(20-8-5-13-30-20)28(23)14-17-6-3-2-4-7-17/h2-13,16H,14-15H2,1H3,(H,25,29). The van der Waals surface area contributed by atoms with Gasteiger partial charge in [-0.1, -0.05) is 54.2 Å². The number of furan rings is 1. The number of carbonyl (C=O) groups is 1. The van der Waals surface area contributed by atoms with E-state index in [2.05, 4.69) is 15.5 Å². The third-order valence-electron chi connectivity index (χ3n) is 4.72. The minimum absolute atomic E-state index is 0.143. The molecule has 0 bridgehead atoms. The van der Waals surface area contributed by atoms with Crippen LogP contribution in [0.3, 0.4) is 0 Å². The van der Waals surface area contributed by atoms with E-state index in [4.69, 9.17) is 4.42 Å². The van der Waals surface area contributed by atoms with E-state index in [9.17, 15) is 9.18 Å². The number of hydrogen-bond donors (Lipinski definition) is 1. The number of nitrogens with zero attached hydrogens (tertiary/aromatic N) is 3. The number of nitrogens with one attached hydrogen (secondary N) is 1. The maximum atomic E-state index is 13.1. The molecule has 1 atom stereocenters. The fourth-order valence-electron chi connectivity index (χ4n) is 3.14. The molecule has 0 fully saturated rings. The summed E-state index contributed by atoms with van der Waals surface area (Å²) in [6, 6.07) is 19.5. The van der Waals surface area contributed by atoms with E-state index in [-0.39, 0.29) is 23.5 Å². The van der Waals surface area contributed by atoms with Gasteiger partial charge in [-0.05, 0) is 42.3 Å². The van der Waals surface area contributed by atoms with Gasteiger partial charge >= 0.3 is 0 Å². The number of halogens is 1. The van der Waals surface area contributed by atoms with Crippen LogP contribution >= 0.6 is 11.8 Å². The number of benzene rings is 2. The van der Waals surface area contributed by atoms with E-state index in [1.807, 2.05) is 47.9 Å². The van der Waals surface area contributed by atoms with Crippen molar-refractivity contribution in [2.45, 2.75) is 24.7 Å². The predicted molar refractivity (Wildman–Crippen MR) is 117 cm³/mol. The van der Waals surface area contributed by atoms with Gasteiger partial charge in [0.15, 0.2) is 10.9 Å². The van der Waals surface area contributed by atoms with Crippen molar-refractivity contribution in [3.05, 3.63) is 89.9 Å². The molecule has 1 unspecified atom stereocenters. The Morgan fingerprint density at radius 1 is 1.10 bits per heavy atom. The topological polar surface area (TPSA) is 73.0 Å². The predicted octanol–water partition coefficient (Wildman–Crippen LogP) is 4.70. The van der Waals surface area contributed by atoms with Crippen molar-refractivity contribution in [2.24, 2.45) is 0 Å². The smallest absolute Gasteiger partial charge is 0.230 e. The SMILES string of the molecule is CC(NC(=O)CSc1nnc(-c2ccco2)n1Cc1ccccc1)c1ccc(F)cc1. The average Bonchev–Trinajstić information content (AvgIpc) is 3.43. The Bertz CT molecular complexity index is 1130. The number of amides is 1. The molecule has 4 rings (SSSR count). The van der Waals surface area contributed by atoms with E-state index < -0.39 is 0 Å². The summed E-state index contributed by atoms with van der Waals surface area (Å²) in [6.07, 6.45) is 1.59. The normalized spacial score (nSPS) is 11.9. The van der Waals surface area contributed by atoms with Crippen LogP contribution in [0.4, 0.5) is 4.39 Å². The Morgan fingerprint density at radius 2 is 1.87 bits per heavy atom. The van der Waals surface area contributed by atoms with Crippen LogP contribution in [0.5, 0.6) is 0 Å². The molecule has 31 heavy (non-hydrogen) atoms. The van der Waals surface area contributed by atoms with Gasteiger partial charge in [0.05, 0.1) is 24.6 Å². The Balaban J connectivity index is 1.46. The number of thioether (sulfide) groups is 1. The highest BCUT2D eigenvalue weighted by atomic mass is 32.2. The molecule has 0 aliphatic rings. The first kappa shape index (κ1) is 20.9. The lowest BCUT2D eigenvalue weighted by Crippen LogP contribution is -2.28. The molecule has 0 saturated heterocycles. The van der Waals surface area contributed by atoms with Crippen LogP contribution in [0, 0.1) is 5.82 Å². The van der Waals surface area contributed by atoms with Crippen LogP contribution in [0.1, 0.15) is 24.1 Å². The highest BCUT2D eigenvalue weighted by Gasteiger charge is 2.18. The molecule has 1 amide bonds. The fourth-order valence-corrected chi connectivity index (χ4v) is 3.89. The molecule has 0 aliphatic carbocycles. The minimum Gasteiger partial charge on any atom is -0.461 e. The fraction of sp³-hybridized carbons (Fsp3) is 0.174. The lowest BCUT2D eigenvalue weighted by Gasteiger charge is -2.14. The van der Waals surface area contributed by atoms with E-state index in [0.29, 0.717) is 23.3 Å². The zero-order valence-electron chi connectivity index (χ0n) is 16.9. The van der Waals surface area contributed by atoms with Gasteiger partial charge in [0.2, 0.25) is 11.7 Å². The summed E-state index contributed by atoms with van der Waals surface area (Å²) in [5.74, 6) is 0.955. The Kier molecular flexibility index (Phi) is 6.47. The van der Waals surface area contributed by atoms with Crippen molar-refractivity contribution >= 4 is 17.7 Å². The van der Waals surface area contributed by atoms with E-state index in [1.54, 1.807) is 24.5 Å². The molecular formula is C23H21FN4O2S. The molecule has 8 heteroatoms. The molecule has 4 aromatic rings. The quantitative estimate of drug-likeness (QED) is 0.406. The number of hydrogen-bond acceptors (Lipinski definition) is 5. The zero-order chi connectivity index (χ0) is 21.6. The van der Waals surface area contributed by atoms with Crippen molar-refractivity contribution in [1.82, 2.24) is 20.1 Å². The van der Waals surface area contributed by atoms with Gasteiger partial charge in [-0.2, -0.15) is 0 Å². The summed E-state index contributed by atoms with van der Waals surface area (Å²) in [7, 11) is 0. The Labute approximate surface area is 183 Å². The first-order valence-corrected chi connectivity index (χ1v) is 10.8. The monoisotopic (exact) mass is 436 g/mol. The van der Waals surface area contributed by atoms with Gasteiger partial charge in [0, 0.05) is 0 Å². The van der Waals surface area contributed by atoms with Gasteiger partial charge in [-0.25, -0.2) is 4.39 Å². The van der Waals surface area contributed by atoms with E-state index in [0.717, 1.165) is 11.1 Å². The van der Waals surface area contributed by atoms with Crippen molar-refractivity contribution in [3.8, 4) is 11.6 Å². The summed E-state index contributed by atoms with van der Waals surface area (Å²) in [5, 5.41) is 12.1. The van der Waals surface area contributed by atoms with Crippen molar-refractivity contribution in [3.63, 3.8) is 0 Å². The lowest BCUT2D eigenvalue weighted by molar-refractivity contribution is -0.119. The van der Waals surface area contributed by atoms with Crippen LogP contribution < -0.4 is 5.32 Å². The van der Waals surface area contributed by atoms with Gasteiger partial charge < -0.3 is 9.73 Å². The minimum atomic E-state index is -0.303. The highest BCUT2D eigenvalue weighted by Crippen LogP contribution is 2.25. The van der Waals surface area contributed by atoms with Crippen LogP contribution in [-0.4, -0.2) is 26.4 Å². The first-order valence-electron chi connectivity index (χ1n) is 9.79. The lowest BCUT2D eigenvalue weighted by atomic mass is 10.1. The molecule has 0 spiro atoms. The second-order valence-corrected chi connectivity index (χ2v) is 7.93. The molecule has 0 aliphatic heterocycles. The number of carbonyl (C=O) groups excluding carboxylic acids is 1. The maximum absolute atomic E-state index is 13.1. The van der Waals surface area contributed by atoms with Crippen molar-refractivity contribution in [2.75, 3.05) is 5.75 Å². The molecule has 2 aromatic heterocycles. The zero-order valence-corrected chi connectivity index (χ0v) is 17.7. The summed E-state index contributed by atoms with van der Waals surface area (Å²) in [6.45, 7) is 2.42. The van der Waals surface area contributed by atoms with Crippen molar-refractivity contribution < 1.29 is 13.6 Å². The first-order chi connectivity index (χ1) is 15.1. The largest absolute Gasteiger partial charge is 0.461 e. The summed E-state index contributed by atoms with van der Waals surface area (Å²) < 4.78 is 20.6. The van der Waals surface area contributed by atoms with Gasteiger partial charge in [-0.3, -0.25) is 9.36 Å². The molecule has 2 heterocycles. The van der Waals surface area contributed by atoms with Crippen molar-refractivity contribution in [1.29, 1.82) is 0 Å². The molecule has 6 nitrogen and oxygen atoms in total. The van der Waals surface area contributed by atoms with Crippen LogP contribution in [0.2, 0.25) is 0 Å². The van der Waals surface area contributed by atoms with Crippen LogP contribution in [0.15, 0.2) is 82.6 Å². The maximum Gasteiger partial charge on any atom is 0.230 e. The van der Waals surface area contributed by atoms with E-state index in [1.165, 1.54) is 23.9 Å². The van der Waals surface area contributed by atoms with Gasteiger partial charge in [-0.15, -0.1) is 10.2 Å². The number of aromatic nitrogens is 3. The van der Waals surface area contributed by atoms with Crippen LogP contribution in [0.25, 0.3) is 11.6 Å². The molecule has 158 valence electrons. The van der Waals surface area contributed by atoms with Crippen LogP contribution in [-0.2, 0) is 11.3 Å². The highest BCUT2D eigenvalue weighted by molar-refractivity contribution is 7.99.